The third-order valence-corrected chi connectivity index (χ3v) is 10.9. The van der Waals surface area contributed by atoms with E-state index in [2.05, 4.69) is 229 Å². The molecule has 0 aliphatic heterocycles. The van der Waals surface area contributed by atoms with Crippen molar-refractivity contribution in [3.05, 3.63) is 224 Å². The number of hydrogen-bond acceptors (Lipinski definition) is 1. The molecule has 0 unspecified atom stereocenters. The van der Waals surface area contributed by atoms with Crippen LogP contribution in [0.25, 0.3) is 76.8 Å². The Kier molecular flexibility index (Phi) is 8.24. The van der Waals surface area contributed by atoms with Crippen LogP contribution >= 0.6 is 0 Å². The molecule has 0 aliphatic carbocycles. The molecule has 0 radical (unpaired) electrons. The van der Waals surface area contributed by atoms with E-state index >= 15 is 0 Å². The third kappa shape index (κ3) is 5.93. The van der Waals surface area contributed by atoms with Crippen molar-refractivity contribution in [1.82, 2.24) is 0 Å². The number of anilines is 3. The first-order valence-electron chi connectivity index (χ1n) is 18.9. The maximum Gasteiger partial charge on any atom is 0.0540 e. The highest BCUT2D eigenvalue weighted by atomic mass is 15.1. The molecule has 0 heterocycles. The zero-order valence-electron chi connectivity index (χ0n) is 30.3. The zero-order valence-corrected chi connectivity index (χ0v) is 30.3. The Morgan fingerprint density at radius 2 is 0.618 bits per heavy atom. The van der Waals surface area contributed by atoms with Gasteiger partial charge in [-0.15, -0.1) is 0 Å². The van der Waals surface area contributed by atoms with Crippen LogP contribution in [-0.4, -0.2) is 0 Å². The second kappa shape index (κ2) is 14.0. The number of fused-ring (bicyclic) bond motifs is 3. The fourth-order valence-electron chi connectivity index (χ4n) is 8.24. The Hall–Kier alpha value is -7.22. The van der Waals surface area contributed by atoms with Gasteiger partial charge >= 0.3 is 0 Å². The fraction of sp³-hybridized carbons (Fsp3) is 0. The molecular weight excluding hydrogens is 663 g/mol. The van der Waals surface area contributed by atoms with Gasteiger partial charge in [-0.2, -0.15) is 0 Å². The quantitative estimate of drug-likeness (QED) is 0.160. The Balaban J connectivity index is 1.12. The summed E-state index contributed by atoms with van der Waals surface area (Å²) in [7, 11) is 0. The van der Waals surface area contributed by atoms with Gasteiger partial charge in [-0.05, 0) is 102 Å². The molecule has 0 aliphatic rings. The first-order valence-corrected chi connectivity index (χ1v) is 18.9. The van der Waals surface area contributed by atoms with Crippen molar-refractivity contribution in [3.8, 4) is 44.5 Å². The van der Waals surface area contributed by atoms with E-state index < -0.39 is 0 Å². The van der Waals surface area contributed by atoms with Gasteiger partial charge in [0.05, 0.1) is 5.69 Å². The summed E-state index contributed by atoms with van der Waals surface area (Å²) in [6.45, 7) is 0. The van der Waals surface area contributed by atoms with Crippen LogP contribution in [0.5, 0.6) is 0 Å². The van der Waals surface area contributed by atoms with E-state index in [1.807, 2.05) is 0 Å². The minimum Gasteiger partial charge on any atom is -0.310 e. The highest BCUT2D eigenvalue weighted by Crippen LogP contribution is 2.44. The molecule has 0 saturated heterocycles. The van der Waals surface area contributed by atoms with Gasteiger partial charge in [0.15, 0.2) is 0 Å². The third-order valence-electron chi connectivity index (χ3n) is 10.9. The molecule has 55 heavy (non-hydrogen) atoms. The van der Waals surface area contributed by atoms with Crippen molar-refractivity contribution < 1.29 is 0 Å². The molecule has 0 bridgehead atoms. The van der Waals surface area contributed by atoms with Gasteiger partial charge in [-0.25, -0.2) is 0 Å². The molecule has 1 heteroatoms. The molecule has 0 atom stereocenters. The SMILES string of the molecule is c1ccc(-c2ccc(N(c3ccc(-c4ccc(-c5ccccc5)c5ccccc45)cc3)c3ccc(-c4cccc5ccccc45)c4ccccc34)cc2)cc1. The summed E-state index contributed by atoms with van der Waals surface area (Å²) in [5, 5.41) is 7.44. The number of rotatable bonds is 7. The maximum atomic E-state index is 2.41. The molecule has 1 nitrogen and oxygen atoms in total. The first kappa shape index (κ1) is 32.4. The van der Waals surface area contributed by atoms with E-state index in [9.17, 15) is 0 Å². The molecule has 0 aromatic heterocycles. The molecule has 0 fully saturated rings. The minimum atomic E-state index is 1.10. The van der Waals surface area contributed by atoms with Crippen molar-refractivity contribution in [3.63, 3.8) is 0 Å². The first-order chi connectivity index (χ1) is 27.3. The lowest BCUT2D eigenvalue weighted by Gasteiger charge is -2.28. The predicted octanol–water partition coefficient (Wildman–Crippen LogP) is 15.3. The van der Waals surface area contributed by atoms with Gasteiger partial charge in [0.1, 0.15) is 0 Å². The lowest BCUT2D eigenvalue weighted by atomic mass is 9.92. The van der Waals surface area contributed by atoms with Crippen molar-refractivity contribution in [1.29, 1.82) is 0 Å². The van der Waals surface area contributed by atoms with E-state index in [1.165, 1.54) is 76.8 Å². The van der Waals surface area contributed by atoms with Gasteiger partial charge in [-0.3, -0.25) is 0 Å². The van der Waals surface area contributed by atoms with E-state index in [1.54, 1.807) is 0 Å². The molecule has 258 valence electrons. The Bertz CT molecular complexity index is 2940. The Morgan fingerprint density at radius 3 is 1.24 bits per heavy atom. The topological polar surface area (TPSA) is 3.24 Å². The van der Waals surface area contributed by atoms with E-state index in [4.69, 9.17) is 0 Å². The summed E-state index contributed by atoms with van der Waals surface area (Å²) >= 11 is 0. The van der Waals surface area contributed by atoms with Crippen LogP contribution in [-0.2, 0) is 0 Å². The summed E-state index contributed by atoms with van der Waals surface area (Å²) < 4.78 is 0. The highest BCUT2D eigenvalue weighted by Gasteiger charge is 2.19. The standard InChI is InChI=1S/C54H37N/c1-3-14-38(15-4-1)39-26-30-43(31-27-39)55(54-37-36-52(51-23-11-12-24-53(51)54)50-25-13-19-41-18-7-8-20-45(41)50)44-32-28-42(29-33-44)47-35-34-46(40-16-5-2-6-17-40)48-21-9-10-22-49(47)48/h1-37H. The van der Waals surface area contributed by atoms with Crippen LogP contribution in [0.4, 0.5) is 17.1 Å². The van der Waals surface area contributed by atoms with Crippen LogP contribution in [0.3, 0.4) is 0 Å². The van der Waals surface area contributed by atoms with E-state index in [-0.39, 0.29) is 0 Å². The molecule has 0 N–H and O–H groups in total. The van der Waals surface area contributed by atoms with Gasteiger partial charge < -0.3 is 4.90 Å². The highest BCUT2D eigenvalue weighted by molar-refractivity contribution is 6.10. The molecule has 0 saturated carbocycles. The average Bonchev–Trinajstić information content (AvgIpc) is 3.27. The van der Waals surface area contributed by atoms with E-state index in [0.717, 1.165) is 17.1 Å². The van der Waals surface area contributed by atoms with Crippen LogP contribution in [0, 0.1) is 0 Å². The summed E-state index contributed by atoms with van der Waals surface area (Å²) in [6.07, 6.45) is 0. The van der Waals surface area contributed by atoms with Gasteiger partial charge in [0, 0.05) is 16.8 Å². The van der Waals surface area contributed by atoms with Gasteiger partial charge in [0.2, 0.25) is 0 Å². The van der Waals surface area contributed by atoms with Crippen molar-refractivity contribution in [2.24, 2.45) is 0 Å². The fourth-order valence-corrected chi connectivity index (χ4v) is 8.24. The number of benzene rings is 10. The summed E-state index contributed by atoms with van der Waals surface area (Å²) in [4.78, 5) is 2.41. The van der Waals surface area contributed by atoms with Gasteiger partial charge in [-0.1, -0.05) is 194 Å². The summed E-state index contributed by atoms with van der Waals surface area (Å²) in [5.41, 5.74) is 13.1. The summed E-state index contributed by atoms with van der Waals surface area (Å²) in [5.74, 6) is 0. The van der Waals surface area contributed by atoms with Crippen molar-refractivity contribution in [2.45, 2.75) is 0 Å². The van der Waals surface area contributed by atoms with Crippen LogP contribution in [0.1, 0.15) is 0 Å². The number of hydrogen-bond donors (Lipinski definition) is 0. The largest absolute Gasteiger partial charge is 0.310 e. The van der Waals surface area contributed by atoms with Crippen LogP contribution < -0.4 is 4.90 Å². The maximum absolute atomic E-state index is 2.41. The van der Waals surface area contributed by atoms with Gasteiger partial charge in [0.25, 0.3) is 0 Å². The molecule has 0 amide bonds. The molecular formula is C54H37N. The molecule has 0 spiro atoms. The average molecular weight is 700 g/mol. The number of nitrogens with zero attached hydrogens (tertiary/aromatic N) is 1. The van der Waals surface area contributed by atoms with E-state index in [0.29, 0.717) is 0 Å². The zero-order chi connectivity index (χ0) is 36.6. The molecule has 10 aromatic rings. The second-order valence-corrected chi connectivity index (χ2v) is 14.1. The van der Waals surface area contributed by atoms with Crippen molar-refractivity contribution >= 4 is 49.4 Å². The Morgan fingerprint density at radius 1 is 0.218 bits per heavy atom. The van der Waals surface area contributed by atoms with Crippen molar-refractivity contribution in [2.75, 3.05) is 4.90 Å². The lowest BCUT2D eigenvalue weighted by Crippen LogP contribution is -2.10. The Labute approximate surface area is 322 Å². The predicted molar refractivity (Wildman–Crippen MR) is 235 cm³/mol. The molecule has 10 aromatic carbocycles. The monoisotopic (exact) mass is 699 g/mol. The van der Waals surface area contributed by atoms with Crippen LogP contribution in [0.15, 0.2) is 224 Å². The van der Waals surface area contributed by atoms with Crippen LogP contribution in [0.2, 0.25) is 0 Å². The normalized spacial score (nSPS) is 11.3. The smallest absolute Gasteiger partial charge is 0.0540 e. The lowest BCUT2D eigenvalue weighted by molar-refractivity contribution is 1.30. The second-order valence-electron chi connectivity index (χ2n) is 14.1. The molecule has 10 rings (SSSR count). The minimum absolute atomic E-state index is 1.10. The summed E-state index contributed by atoms with van der Waals surface area (Å²) in [6, 6.07) is 81.4.